The summed E-state index contributed by atoms with van der Waals surface area (Å²) in [5.74, 6) is 1.87. The third-order valence-electron chi connectivity index (χ3n) is 2.09. The lowest BCUT2D eigenvalue weighted by atomic mass is 10.3. The van der Waals surface area contributed by atoms with Crippen LogP contribution in [-0.2, 0) is 13.1 Å². The summed E-state index contributed by atoms with van der Waals surface area (Å²) in [7, 11) is 8.53. The summed E-state index contributed by atoms with van der Waals surface area (Å²) in [5, 5.41) is 0. The summed E-state index contributed by atoms with van der Waals surface area (Å²) in [6.07, 6.45) is 4.09. The highest BCUT2D eigenvalue weighted by Gasteiger charge is 2.04. The maximum Gasteiger partial charge on any atom is 0.283 e. The molecule has 0 saturated carbocycles. The van der Waals surface area contributed by atoms with Gasteiger partial charge in [-0.3, -0.25) is 9.59 Å². The average molecular weight is 439 g/mol. The summed E-state index contributed by atoms with van der Waals surface area (Å²) in [6.45, 7) is 1.52. The second kappa shape index (κ2) is 19.6. The molecule has 0 aromatic heterocycles. The highest BCUT2D eigenvalue weighted by Crippen LogP contribution is 2.30. The first kappa shape index (κ1) is 24.3. The molecule has 11 heteroatoms. The average Bonchev–Trinajstić information content (AvgIpc) is 2.52. The van der Waals surface area contributed by atoms with E-state index in [2.05, 4.69) is 8.37 Å². The van der Waals surface area contributed by atoms with E-state index in [0.29, 0.717) is 0 Å². The van der Waals surface area contributed by atoms with Crippen LogP contribution >= 0.6 is 67.3 Å². The van der Waals surface area contributed by atoms with E-state index < -0.39 is 0 Å². The van der Waals surface area contributed by atoms with Crippen molar-refractivity contribution in [2.75, 3.05) is 38.9 Å². The molecular weight excluding hydrogens is 417 g/mol. The van der Waals surface area contributed by atoms with Gasteiger partial charge in [0.05, 0.1) is 38.3 Å². The molecule has 0 aromatic carbocycles. The third-order valence-corrected chi connectivity index (χ3v) is 8.27. The first-order valence-electron chi connectivity index (χ1n) is 6.86. The van der Waals surface area contributed by atoms with Crippen LogP contribution in [0.2, 0.25) is 0 Å². The van der Waals surface area contributed by atoms with Gasteiger partial charge in [-0.1, -0.05) is 21.6 Å². The van der Waals surface area contributed by atoms with Crippen molar-refractivity contribution in [3.63, 3.8) is 0 Å². The Morgan fingerprint density at radius 2 is 1.17 bits per heavy atom. The Labute approximate surface area is 162 Å². The molecule has 0 N–H and O–H groups in total. The molecule has 136 valence electrons. The number of carbonyl (C=O) groups is 2. The molecule has 0 aromatic rings. The summed E-state index contributed by atoms with van der Waals surface area (Å²) in [5.41, 5.74) is 0. The fourth-order valence-corrected chi connectivity index (χ4v) is 6.23. The van der Waals surface area contributed by atoms with Gasteiger partial charge in [-0.05, 0) is 47.3 Å². The molecule has 0 spiro atoms. The van der Waals surface area contributed by atoms with Crippen LogP contribution in [0.25, 0.3) is 0 Å². The molecule has 0 aliphatic carbocycles. The molecule has 0 fully saturated rings. The van der Waals surface area contributed by atoms with E-state index >= 15 is 0 Å². The van der Waals surface area contributed by atoms with Crippen molar-refractivity contribution in [2.45, 2.75) is 25.7 Å². The van der Waals surface area contributed by atoms with Gasteiger partial charge in [-0.15, -0.1) is 0 Å². The second-order valence-electron chi connectivity index (χ2n) is 3.84. The van der Waals surface area contributed by atoms with Crippen molar-refractivity contribution in [3.8, 4) is 0 Å². The van der Waals surface area contributed by atoms with Crippen LogP contribution in [0.5, 0.6) is 0 Å². The number of unbranched alkanes of at least 4 members (excludes halogenated alkanes) is 2. The molecule has 0 rings (SSSR count). The number of carbonyl (C=O) groups excluding carboxylic acids is 2. The Kier molecular flexibility index (Phi) is 20.8. The Balaban J connectivity index is 3.11. The van der Waals surface area contributed by atoms with E-state index in [1.54, 1.807) is 21.6 Å². The Bertz CT molecular complexity index is 280. The molecule has 0 heterocycles. The third kappa shape index (κ3) is 19.5. The lowest BCUT2D eigenvalue weighted by molar-refractivity contribution is 0.129. The summed E-state index contributed by atoms with van der Waals surface area (Å²) < 4.78 is 14.9. The van der Waals surface area contributed by atoms with Crippen LogP contribution in [0.3, 0.4) is 0 Å². The second-order valence-corrected chi connectivity index (χ2v) is 10.9. The van der Waals surface area contributed by atoms with Crippen LogP contribution in [-0.4, -0.2) is 47.8 Å². The normalized spacial score (nSPS) is 10.9. The van der Waals surface area contributed by atoms with Crippen molar-refractivity contribution in [1.82, 2.24) is 0 Å². The SMILES string of the molecule is COSC(=O)SSCCCCOCCCCSSC(=O)SOC. The molecule has 0 bridgehead atoms. The van der Waals surface area contributed by atoms with Crippen molar-refractivity contribution in [1.29, 1.82) is 0 Å². The minimum absolute atomic E-state index is 0.0210. The van der Waals surface area contributed by atoms with Gasteiger partial charge in [-0.2, -0.15) is 0 Å². The van der Waals surface area contributed by atoms with Crippen LogP contribution < -0.4 is 0 Å². The number of rotatable bonds is 14. The Hall–Kier alpha value is 1.32. The smallest absolute Gasteiger partial charge is 0.283 e. The Morgan fingerprint density at radius 3 is 1.57 bits per heavy atom. The number of hydrogen-bond acceptors (Lipinski definition) is 11. The predicted octanol–water partition coefficient (Wildman–Crippen LogP) is 6.16. The molecule has 0 radical (unpaired) electrons. The van der Waals surface area contributed by atoms with Crippen molar-refractivity contribution in [3.05, 3.63) is 0 Å². The first-order chi connectivity index (χ1) is 11.2. The fraction of sp³-hybridized carbons (Fsp3) is 0.833. The van der Waals surface area contributed by atoms with E-state index in [9.17, 15) is 9.59 Å². The quantitative estimate of drug-likeness (QED) is 0.178. The van der Waals surface area contributed by atoms with E-state index in [1.165, 1.54) is 35.8 Å². The molecule has 23 heavy (non-hydrogen) atoms. The number of hydrogen-bond donors (Lipinski definition) is 0. The fourth-order valence-electron chi connectivity index (χ4n) is 1.18. The minimum Gasteiger partial charge on any atom is -0.381 e. The summed E-state index contributed by atoms with van der Waals surface area (Å²) >= 11 is 1.73. The molecule has 0 amide bonds. The van der Waals surface area contributed by atoms with E-state index in [1.807, 2.05) is 0 Å². The predicted molar refractivity (Wildman–Crippen MR) is 109 cm³/mol. The molecule has 0 atom stereocenters. The maximum atomic E-state index is 11.1. The molecule has 5 nitrogen and oxygen atoms in total. The molecule has 0 unspecified atom stereocenters. The van der Waals surface area contributed by atoms with E-state index in [-0.39, 0.29) is 8.89 Å². The van der Waals surface area contributed by atoms with Crippen LogP contribution in [0.4, 0.5) is 9.59 Å². The van der Waals surface area contributed by atoms with Gasteiger partial charge in [0.2, 0.25) is 0 Å². The van der Waals surface area contributed by atoms with Crippen LogP contribution in [0, 0.1) is 0 Å². The largest absolute Gasteiger partial charge is 0.381 e. The lowest BCUT2D eigenvalue weighted by Gasteiger charge is -2.04. The van der Waals surface area contributed by atoms with Gasteiger partial charge < -0.3 is 13.1 Å². The zero-order valence-electron chi connectivity index (χ0n) is 13.1. The van der Waals surface area contributed by atoms with Crippen LogP contribution in [0.1, 0.15) is 25.7 Å². The van der Waals surface area contributed by atoms with E-state index in [4.69, 9.17) is 4.74 Å². The molecule has 0 saturated heterocycles. The van der Waals surface area contributed by atoms with Crippen LogP contribution in [0.15, 0.2) is 0 Å². The number of ether oxygens (including phenoxy) is 1. The molecular formula is C12H22O5S6. The van der Waals surface area contributed by atoms with Gasteiger partial charge in [0.1, 0.15) is 0 Å². The standard InChI is InChI=1S/C12H22O5S6/c1-15-20-11(13)22-18-9-5-3-7-17-8-4-6-10-19-23-12(14)21-16-2/h3-10H2,1-2H3. The highest BCUT2D eigenvalue weighted by molar-refractivity contribution is 8.86. The minimum atomic E-state index is -0.0210. The first-order valence-corrected chi connectivity index (χ1v) is 13.0. The zero-order valence-corrected chi connectivity index (χ0v) is 18.0. The summed E-state index contributed by atoms with van der Waals surface area (Å²) in [6, 6.07) is 0. The van der Waals surface area contributed by atoms with Crippen molar-refractivity contribution in [2.24, 2.45) is 0 Å². The monoisotopic (exact) mass is 438 g/mol. The lowest BCUT2D eigenvalue weighted by Crippen LogP contribution is -1.98. The summed E-state index contributed by atoms with van der Waals surface area (Å²) in [4.78, 5) is 22.2. The molecule has 0 aliphatic rings. The Morgan fingerprint density at radius 1 is 0.739 bits per heavy atom. The van der Waals surface area contributed by atoms with Crippen molar-refractivity contribution >= 4 is 76.2 Å². The van der Waals surface area contributed by atoms with Gasteiger partial charge >= 0.3 is 0 Å². The topological polar surface area (TPSA) is 61.8 Å². The van der Waals surface area contributed by atoms with E-state index in [0.717, 1.165) is 74.5 Å². The van der Waals surface area contributed by atoms with Gasteiger partial charge in [0.15, 0.2) is 0 Å². The van der Waals surface area contributed by atoms with Crippen molar-refractivity contribution < 1.29 is 22.7 Å². The maximum absolute atomic E-state index is 11.1. The van der Waals surface area contributed by atoms with Gasteiger partial charge in [0.25, 0.3) is 8.89 Å². The van der Waals surface area contributed by atoms with Gasteiger partial charge in [-0.25, -0.2) is 0 Å². The molecule has 0 aliphatic heterocycles. The highest BCUT2D eigenvalue weighted by atomic mass is 33.1. The zero-order chi connectivity index (χ0) is 17.2. The van der Waals surface area contributed by atoms with Gasteiger partial charge in [0, 0.05) is 24.7 Å².